The summed E-state index contributed by atoms with van der Waals surface area (Å²) in [4.78, 5) is 25.3. The number of rotatable bonds is 6. The molecule has 0 bridgehead atoms. The molecule has 24 heavy (non-hydrogen) atoms. The summed E-state index contributed by atoms with van der Waals surface area (Å²) in [5.74, 6) is -0.0848. The van der Waals surface area contributed by atoms with E-state index in [0.29, 0.717) is 23.8 Å². The molecule has 1 amide bonds. The Labute approximate surface area is 141 Å². The highest BCUT2D eigenvalue weighted by Crippen LogP contribution is 2.38. The van der Waals surface area contributed by atoms with E-state index in [0.717, 1.165) is 5.56 Å². The lowest BCUT2D eigenvalue weighted by Gasteiger charge is -2.18. The molecule has 1 aliphatic rings. The molecule has 2 rings (SSSR count). The Morgan fingerprint density at radius 3 is 2.12 bits per heavy atom. The lowest BCUT2D eigenvalue weighted by atomic mass is 9.99. The van der Waals surface area contributed by atoms with Gasteiger partial charge in [-0.1, -0.05) is 6.92 Å². The van der Waals surface area contributed by atoms with Gasteiger partial charge in [0, 0.05) is 13.1 Å². The van der Waals surface area contributed by atoms with Crippen molar-refractivity contribution in [3.63, 3.8) is 0 Å². The van der Waals surface area contributed by atoms with Crippen molar-refractivity contribution < 1.29 is 28.9 Å². The molecule has 0 unspecified atom stereocenters. The zero-order chi connectivity index (χ0) is 17.9. The third kappa shape index (κ3) is 3.55. The van der Waals surface area contributed by atoms with Crippen molar-refractivity contribution in [1.29, 1.82) is 0 Å². The predicted molar refractivity (Wildman–Crippen MR) is 86.7 cm³/mol. The lowest BCUT2D eigenvalue weighted by molar-refractivity contribution is -0.142. The van der Waals surface area contributed by atoms with E-state index in [1.54, 1.807) is 17.0 Å². The van der Waals surface area contributed by atoms with Crippen molar-refractivity contribution in [3.8, 4) is 17.2 Å². The van der Waals surface area contributed by atoms with Crippen LogP contribution in [-0.4, -0.2) is 56.3 Å². The molecule has 1 heterocycles. The number of aliphatic carboxylic acids is 1. The number of carbonyl (C=O) groups is 2. The van der Waals surface area contributed by atoms with Crippen molar-refractivity contribution in [2.24, 2.45) is 11.8 Å². The maximum absolute atomic E-state index is 12.5. The Balaban J connectivity index is 2.16. The Morgan fingerprint density at radius 1 is 1.12 bits per heavy atom. The zero-order valence-electron chi connectivity index (χ0n) is 14.4. The molecule has 0 aliphatic carbocycles. The molecule has 1 aromatic carbocycles. The Kier molecular flexibility index (Phi) is 5.54. The topological polar surface area (TPSA) is 85.3 Å². The van der Waals surface area contributed by atoms with E-state index in [4.69, 9.17) is 14.2 Å². The average molecular weight is 337 g/mol. The van der Waals surface area contributed by atoms with Crippen LogP contribution in [-0.2, 0) is 16.0 Å². The molecule has 2 atom stereocenters. The van der Waals surface area contributed by atoms with Gasteiger partial charge < -0.3 is 24.2 Å². The maximum atomic E-state index is 12.5. The molecule has 1 aromatic rings. The van der Waals surface area contributed by atoms with Gasteiger partial charge in [0.05, 0.1) is 33.7 Å². The summed E-state index contributed by atoms with van der Waals surface area (Å²) in [7, 11) is 4.55. The van der Waals surface area contributed by atoms with Crippen molar-refractivity contribution in [2.45, 2.75) is 13.3 Å². The van der Waals surface area contributed by atoms with Gasteiger partial charge in [0.25, 0.3) is 0 Å². The minimum absolute atomic E-state index is 0.0496. The molecule has 7 nitrogen and oxygen atoms in total. The standard InChI is InChI=1S/C17H23NO6/c1-10-8-18(9-12(10)17(20)21)15(19)7-11-5-13(22-2)16(24-4)14(6-11)23-3/h5-6,10,12H,7-9H2,1-4H3,(H,20,21)/t10-,12-/m1/s1. The number of likely N-dealkylation sites (tertiary alicyclic amines) is 1. The highest BCUT2D eigenvalue weighted by molar-refractivity contribution is 5.81. The first-order valence-corrected chi connectivity index (χ1v) is 7.70. The third-order valence-corrected chi connectivity index (χ3v) is 4.36. The largest absolute Gasteiger partial charge is 0.493 e. The lowest BCUT2D eigenvalue weighted by Crippen LogP contribution is -2.31. The molecule has 1 N–H and O–H groups in total. The minimum atomic E-state index is -0.856. The first-order chi connectivity index (χ1) is 11.4. The van der Waals surface area contributed by atoms with Gasteiger partial charge in [-0.3, -0.25) is 9.59 Å². The van der Waals surface area contributed by atoms with Crippen LogP contribution in [0.15, 0.2) is 12.1 Å². The summed E-state index contributed by atoms with van der Waals surface area (Å²) >= 11 is 0. The number of carboxylic acids is 1. The van der Waals surface area contributed by atoms with E-state index >= 15 is 0 Å². The SMILES string of the molecule is COc1cc(CC(=O)N2C[C@@H](C)[C@H](C(=O)O)C2)cc(OC)c1OC. The third-order valence-electron chi connectivity index (χ3n) is 4.36. The van der Waals surface area contributed by atoms with Crippen LogP contribution in [0, 0.1) is 11.8 Å². The van der Waals surface area contributed by atoms with E-state index in [-0.39, 0.29) is 24.8 Å². The van der Waals surface area contributed by atoms with Crippen LogP contribution in [0.2, 0.25) is 0 Å². The molecule has 132 valence electrons. The summed E-state index contributed by atoms with van der Waals surface area (Å²) in [6.45, 7) is 2.56. The van der Waals surface area contributed by atoms with E-state index in [9.17, 15) is 14.7 Å². The quantitative estimate of drug-likeness (QED) is 0.845. The number of amides is 1. The average Bonchev–Trinajstić information content (AvgIpc) is 2.96. The second-order valence-corrected chi connectivity index (χ2v) is 5.93. The van der Waals surface area contributed by atoms with Crippen LogP contribution < -0.4 is 14.2 Å². The number of carboxylic acid groups (broad SMARTS) is 1. The molecule has 1 saturated heterocycles. The van der Waals surface area contributed by atoms with Crippen LogP contribution in [0.3, 0.4) is 0 Å². The van der Waals surface area contributed by atoms with Crippen LogP contribution in [0.5, 0.6) is 17.2 Å². The molecule has 1 fully saturated rings. The van der Waals surface area contributed by atoms with Gasteiger partial charge in [0.15, 0.2) is 11.5 Å². The predicted octanol–water partition coefficient (Wildman–Crippen LogP) is 1.43. The summed E-state index contributed by atoms with van der Waals surface area (Å²) in [5, 5.41) is 9.18. The second-order valence-electron chi connectivity index (χ2n) is 5.93. The molecule has 0 saturated carbocycles. The van der Waals surface area contributed by atoms with Crippen LogP contribution >= 0.6 is 0 Å². The summed E-state index contributed by atoms with van der Waals surface area (Å²) in [5.41, 5.74) is 0.723. The fourth-order valence-electron chi connectivity index (χ4n) is 3.02. The van der Waals surface area contributed by atoms with Crippen LogP contribution in [0.25, 0.3) is 0 Å². The Bertz CT molecular complexity index is 605. The molecule has 0 aromatic heterocycles. The fraction of sp³-hybridized carbons (Fsp3) is 0.529. The van der Waals surface area contributed by atoms with Gasteiger partial charge in [-0.2, -0.15) is 0 Å². The van der Waals surface area contributed by atoms with Crippen molar-refractivity contribution in [1.82, 2.24) is 4.90 Å². The van der Waals surface area contributed by atoms with E-state index < -0.39 is 11.9 Å². The van der Waals surface area contributed by atoms with Gasteiger partial charge in [0.2, 0.25) is 11.7 Å². The number of hydrogen-bond acceptors (Lipinski definition) is 5. The first kappa shape index (κ1) is 17.9. The first-order valence-electron chi connectivity index (χ1n) is 7.70. The molecule has 0 spiro atoms. The number of ether oxygens (including phenoxy) is 3. The number of carbonyl (C=O) groups excluding carboxylic acids is 1. The minimum Gasteiger partial charge on any atom is -0.493 e. The van der Waals surface area contributed by atoms with Gasteiger partial charge in [-0.15, -0.1) is 0 Å². The number of nitrogens with zero attached hydrogens (tertiary/aromatic N) is 1. The number of methoxy groups -OCH3 is 3. The molecule has 0 radical (unpaired) electrons. The van der Waals surface area contributed by atoms with E-state index in [2.05, 4.69) is 0 Å². The van der Waals surface area contributed by atoms with E-state index in [1.807, 2.05) is 6.92 Å². The fourth-order valence-corrected chi connectivity index (χ4v) is 3.02. The monoisotopic (exact) mass is 337 g/mol. The van der Waals surface area contributed by atoms with Gasteiger partial charge in [0.1, 0.15) is 0 Å². The second kappa shape index (κ2) is 7.42. The maximum Gasteiger partial charge on any atom is 0.308 e. The van der Waals surface area contributed by atoms with Crippen LogP contribution in [0.4, 0.5) is 0 Å². The normalized spacial score (nSPS) is 19.9. The van der Waals surface area contributed by atoms with E-state index in [1.165, 1.54) is 21.3 Å². The Morgan fingerprint density at radius 2 is 1.71 bits per heavy atom. The Hall–Kier alpha value is -2.44. The number of benzene rings is 1. The molecule has 7 heteroatoms. The zero-order valence-corrected chi connectivity index (χ0v) is 14.4. The summed E-state index contributed by atoms with van der Waals surface area (Å²) in [6, 6.07) is 3.46. The molecule has 1 aliphatic heterocycles. The van der Waals surface area contributed by atoms with Crippen LogP contribution in [0.1, 0.15) is 12.5 Å². The smallest absolute Gasteiger partial charge is 0.308 e. The van der Waals surface area contributed by atoms with Gasteiger partial charge >= 0.3 is 5.97 Å². The highest BCUT2D eigenvalue weighted by atomic mass is 16.5. The van der Waals surface area contributed by atoms with Gasteiger partial charge in [-0.05, 0) is 23.6 Å². The summed E-state index contributed by atoms with van der Waals surface area (Å²) in [6.07, 6.45) is 0.149. The van der Waals surface area contributed by atoms with Crippen molar-refractivity contribution >= 4 is 11.9 Å². The molecular weight excluding hydrogens is 314 g/mol. The number of hydrogen-bond donors (Lipinski definition) is 1. The highest BCUT2D eigenvalue weighted by Gasteiger charge is 2.36. The van der Waals surface area contributed by atoms with Crippen molar-refractivity contribution in [3.05, 3.63) is 17.7 Å². The summed E-state index contributed by atoms with van der Waals surface area (Å²) < 4.78 is 15.8. The van der Waals surface area contributed by atoms with Gasteiger partial charge in [-0.25, -0.2) is 0 Å². The molecular formula is C17H23NO6. The van der Waals surface area contributed by atoms with Crippen molar-refractivity contribution in [2.75, 3.05) is 34.4 Å².